The van der Waals surface area contributed by atoms with E-state index in [9.17, 15) is 5.11 Å². The smallest absolute Gasteiger partial charge is 0.155 e. The van der Waals surface area contributed by atoms with Gasteiger partial charge in [0.2, 0.25) is 0 Å². The summed E-state index contributed by atoms with van der Waals surface area (Å²) in [5.74, 6) is 0.570. The molecule has 1 N–H and O–H groups in total. The van der Waals surface area contributed by atoms with E-state index in [2.05, 4.69) is 13.0 Å². The van der Waals surface area contributed by atoms with Crippen molar-refractivity contribution in [3.63, 3.8) is 0 Å². The fourth-order valence-electron chi connectivity index (χ4n) is 1.73. The van der Waals surface area contributed by atoms with Gasteiger partial charge in [0.05, 0.1) is 18.3 Å². The van der Waals surface area contributed by atoms with Gasteiger partial charge < -0.3 is 9.84 Å². The second-order valence-corrected chi connectivity index (χ2v) is 4.18. The summed E-state index contributed by atoms with van der Waals surface area (Å²) >= 11 is 0. The third-order valence-electron chi connectivity index (χ3n) is 2.65. The third-order valence-corrected chi connectivity index (χ3v) is 2.65. The summed E-state index contributed by atoms with van der Waals surface area (Å²) in [5, 5.41) is 18.2. The summed E-state index contributed by atoms with van der Waals surface area (Å²) in [6.45, 7) is 5.58. The molecule has 3 heteroatoms. The van der Waals surface area contributed by atoms with E-state index in [1.54, 1.807) is 13.8 Å². The lowest BCUT2D eigenvalue weighted by molar-refractivity contribution is -0.145. The van der Waals surface area contributed by atoms with Gasteiger partial charge in [-0.25, -0.2) is 0 Å². The highest BCUT2D eigenvalue weighted by Crippen LogP contribution is 2.41. The first kappa shape index (κ1) is 10.5. The van der Waals surface area contributed by atoms with E-state index in [1.807, 2.05) is 0 Å². The van der Waals surface area contributed by atoms with Crippen molar-refractivity contribution in [2.24, 2.45) is 5.92 Å². The van der Waals surface area contributed by atoms with Crippen molar-refractivity contribution < 1.29 is 9.84 Å². The van der Waals surface area contributed by atoms with Gasteiger partial charge in [0.1, 0.15) is 0 Å². The Balaban J connectivity index is 2.48. The lowest BCUT2D eigenvalue weighted by Crippen LogP contribution is -2.47. The lowest BCUT2D eigenvalue weighted by Gasteiger charge is -2.42. The molecular weight excluding hydrogens is 166 g/mol. The van der Waals surface area contributed by atoms with Crippen LogP contribution in [0.2, 0.25) is 0 Å². The Labute approximate surface area is 79.3 Å². The molecule has 0 aromatic rings. The van der Waals surface area contributed by atoms with Crippen molar-refractivity contribution in [3.8, 4) is 6.07 Å². The van der Waals surface area contributed by atoms with Crippen LogP contribution in [0.4, 0.5) is 0 Å². The van der Waals surface area contributed by atoms with E-state index in [4.69, 9.17) is 10.00 Å². The standard InChI is InChI=1S/C10H17NO2/c1-7-4-10(5-7,6-11)13-9(3)8(2)12/h7-9,12H,4-5H2,1-3H3. The monoisotopic (exact) mass is 183 g/mol. The Morgan fingerprint density at radius 1 is 1.54 bits per heavy atom. The molecule has 1 fully saturated rings. The first-order chi connectivity index (χ1) is 5.99. The molecule has 0 amide bonds. The van der Waals surface area contributed by atoms with Crippen LogP contribution in [-0.4, -0.2) is 22.9 Å². The molecular formula is C10H17NO2. The van der Waals surface area contributed by atoms with Gasteiger partial charge in [0, 0.05) is 0 Å². The van der Waals surface area contributed by atoms with Crippen LogP contribution in [0.25, 0.3) is 0 Å². The molecule has 0 spiro atoms. The van der Waals surface area contributed by atoms with Crippen LogP contribution >= 0.6 is 0 Å². The van der Waals surface area contributed by atoms with Gasteiger partial charge in [0.25, 0.3) is 0 Å². The molecule has 3 nitrogen and oxygen atoms in total. The number of hydrogen-bond donors (Lipinski definition) is 1. The number of rotatable bonds is 3. The zero-order valence-corrected chi connectivity index (χ0v) is 8.45. The van der Waals surface area contributed by atoms with Crippen LogP contribution in [0.15, 0.2) is 0 Å². The van der Waals surface area contributed by atoms with Crippen molar-refractivity contribution in [1.82, 2.24) is 0 Å². The average molecular weight is 183 g/mol. The molecule has 1 saturated carbocycles. The Kier molecular flexibility index (Phi) is 2.94. The predicted octanol–water partition coefficient (Wildman–Crippen LogP) is 1.46. The molecule has 1 rings (SSSR count). The van der Waals surface area contributed by atoms with Crippen molar-refractivity contribution in [3.05, 3.63) is 0 Å². The summed E-state index contributed by atoms with van der Waals surface area (Å²) in [5.41, 5.74) is -0.615. The van der Waals surface area contributed by atoms with Crippen molar-refractivity contribution in [2.75, 3.05) is 0 Å². The fourth-order valence-corrected chi connectivity index (χ4v) is 1.73. The average Bonchev–Trinajstić information content (AvgIpc) is 2.00. The van der Waals surface area contributed by atoms with Crippen LogP contribution < -0.4 is 0 Å². The van der Waals surface area contributed by atoms with E-state index < -0.39 is 11.7 Å². The topological polar surface area (TPSA) is 53.2 Å². The molecule has 74 valence electrons. The molecule has 1 aliphatic rings. The zero-order chi connectivity index (χ0) is 10.1. The van der Waals surface area contributed by atoms with Crippen LogP contribution in [0.3, 0.4) is 0 Å². The Hall–Kier alpha value is -0.590. The summed E-state index contributed by atoms with van der Waals surface area (Å²) in [4.78, 5) is 0. The van der Waals surface area contributed by atoms with E-state index >= 15 is 0 Å². The maximum atomic E-state index is 9.23. The Morgan fingerprint density at radius 3 is 2.38 bits per heavy atom. The summed E-state index contributed by atoms with van der Waals surface area (Å²) in [7, 11) is 0. The highest BCUT2D eigenvalue weighted by Gasteiger charge is 2.45. The van der Waals surface area contributed by atoms with Gasteiger partial charge in [-0.15, -0.1) is 0 Å². The van der Waals surface area contributed by atoms with Crippen LogP contribution in [0.1, 0.15) is 33.6 Å². The van der Waals surface area contributed by atoms with E-state index in [-0.39, 0.29) is 6.10 Å². The molecule has 0 heterocycles. The van der Waals surface area contributed by atoms with E-state index in [1.165, 1.54) is 0 Å². The molecule has 13 heavy (non-hydrogen) atoms. The van der Waals surface area contributed by atoms with Gasteiger partial charge in [-0.2, -0.15) is 5.26 Å². The quantitative estimate of drug-likeness (QED) is 0.720. The predicted molar refractivity (Wildman–Crippen MR) is 49.0 cm³/mol. The van der Waals surface area contributed by atoms with Crippen LogP contribution in [0.5, 0.6) is 0 Å². The first-order valence-corrected chi connectivity index (χ1v) is 4.76. The zero-order valence-electron chi connectivity index (χ0n) is 8.45. The van der Waals surface area contributed by atoms with Gasteiger partial charge in [0.15, 0.2) is 5.60 Å². The second kappa shape index (κ2) is 3.65. The fraction of sp³-hybridized carbons (Fsp3) is 0.900. The SMILES string of the molecule is CC1CC(C#N)(OC(C)C(C)O)C1. The maximum absolute atomic E-state index is 9.23. The van der Waals surface area contributed by atoms with Gasteiger partial charge in [-0.1, -0.05) is 6.92 Å². The molecule has 0 saturated heterocycles. The minimum atomic E-state index is -0.615. The van der Waals surface area contributed by atoms with Gasteiger partial charge in [-0.05, 0) is 32.6 Å². The Morgan fingerprint density at radius 2 is 2.08 bits per heavy atom. The molecule has 0 bridgehead atoms. The summed E-state index contributed by atoms with van der Waals surface area (Å²) in [6, 6.07) is 2.20. The van der Waals surface area contributed by atoms with Crippen LogP contribution in [0, 0.1) is 17.2 Å². The minimum Gasteiger partial charge on any atom is -0.391 e. The molecule has 0 aliphatic heterocycles. The van der Waals surface area contributed by atoms with Crippen molar-refractivity contribution in [2.45, 2.75) is 51.4 Å². The molecule has 0 aromatic heterocycles. The first-order valence-electron chi connectivity index (χ1n) is 4.76. The molecule has 1 aliphatic carbocycles. The van der Waals surface area contributed by atoms with Crippen LogP contribution in [-0.2, 0) is 4.74 Å². The highest BCUT2D eigenvalue weighted by molar-refractivity contribution is 5.10. The number of hydrogen-bond acceptors (Lipinski definition) is 3. The summed E-state index contributed by atoms with van der Waals surface area (Å²) in [6.07, 6.45) is 0.814. The minimum absolute atomic E-state index is 0.257. The largest absolute Gasteiger partial charge is 0.391 e. The second-order valence-electron chi connectivity index (χ2n) is 4.18. The van der Waals surface area contributed by atoms with Crippen molar-refractivity contribution >= 4 is 0 Å². The highest BCUT2D eigenvalue weighted by atomic mass is 16.5. The molecule has 0 aromatic carbocycles. The summed E-state index contributed by atoms with van der Waals surface area (Å²) < 4.78 is 5.54. The number of aliphatic hydroxyl groups is 1. The van der Waals surface area contributed by atoms with Gasteiger partial charge >= 0.3 is 0 Å². The van der Waals surface area contributed by atoms with Gasteiger partial charge in [-0.3, -0.25) is 0 Å². The number of nitriles is 1. The van der Waals surface area contributed by atoms with Crippen molar-refractivity contribution in [1.29, 1.82) is 5.26 Å². The molecule has 2 unspecified atom stereocenters. The van der Waals surface area contributed by atoms with E-state index in [0.717, 1.165) is 12.8 Å². The normalized spacial score (nSPS) is 37.3. The van der Waals surface area contributed by atoms with E-state index in [0.29, 0.717) is 5.92 Å². The Bertz CT molecular complexity index is 213. The number of ether oxygens (including phenoxy) is 1. The number of nitrogens with zero attached hydrogens (tertiary/aromatic N) is 1. The molecule has 0 radical (unpaired) electrons. The lowest BCUT2D eigenvalue weighted by atomic mass is 9.72. The number of aliphatic hydroxyl groups excluding tert-OH is 1. The molecule has 2 atom stereocenters. The maximum Gasteiger partial charge on any atom is 0.155 e. The third kappa shape index (κ3) is 2.20.